The highest BCUT2D eigenvalue weighted by atomic mass is 79.9. The van der Waals surface area contributed by atoms with Gasteiger partial charge in [-0.1, -0.05) is 15.9 Å². The van der Waals surface area contributed by atoms with Crippen molar-refractivity contribution >= 4 is 38.3 Å². The summed E-state index contributed by atoms with van der Waals surface area (Å²) >= 11 is 3.29. The Kier molecular flexibility index (Phi) is 5.56. The third-order valence-corrected chi connectivity index (χ3v) is 4.95. The van der Waals surface area contributed by atoms with Gasteiger partial charge in [0.05, 0.1) is 15.7 Å². The third-order valence-electron chi connectivity index (χ3n) is 3.07. The maximum Gasteiger partial charge on any atom is 0.233 e. The molecule has 3 N–H and O–H groups in total. The van der Waals surface area contributed by atoms with Crippen molar-refractivity contribution in [3.63, 3.8) is 0 Å². The number of nitrogen functional groups attached to an aromatic ring is 1. The number of rotatable bonds is 4. The molecule has 1 unspecified atom stereocenters. The van der Waals surface area contributed by atoms with E-state index in [1.807, 2.05) is 0 Å². The summed E-state index contributed by atoms with van der Waals surface area (Å²) in [5, 5.41) is 2.89. The Morgan fingerprint density at radius 2 is 2.15 bits per heavy atom. The Hall–Kier alpha value is -0.920. The molecular weight excluding hydrogens is 344 g/mol. The zero-order valence-electron chi connectivity index (χ0n) is 10.9. The molecule has 1 aromatic rings. The molecule has 0 bridgehead atoms. The summed E-state index contributed by atoms with van der Waals surface area (Å²) < 4.78 is 18.2. The topological polar surface area (TPSA) is 81.4 Å². The summed E-state index contributed by atoms with van der Waals surface area (Å²) in [5.41, 5.74) is 6.24. The van der Waals surface area contributed by atoms with Crippen LogP contribution in [0.4, 0.5) is 5.69 Å². The highest BCUT2D eigenvalue weighted by molar-refractivity contribution is 9.10. The van der Waals surface area contributed by atoms with Gasteiger partial charge in [0.1, 0.15) is 5.75 Å². The first kappa shape index (κ1) is 15.5. The average Bonchev–Trinajstić information content (AvgIpc) is 2.39. The lowest BCUT2D eigenvalue weighted by molar-refractivity contribution is -0.119. The molecule has 0 aromatic heterocycles. The molecule has 0 aliphatic carbocycles. The summed E-state index contributed by atoms with van der Waals surface area (Å²) in [5.74, 6) is -0.277. The molecule has 1 aromatic carbocycles. The lowest BCUT2D eigenvalue weighted by atomic mass is 10.1. The van der Waals surface area contributed by atoms with Crippen LogP contribution in [0.25, 0.3) is 0 Å². The van der Waals surface area contributed by atoms with E-state index in [2.05, 4.69) is 21.2 Å². The normalized spacial score (nSPS) is 17.6. The fourth-order valence-electron chi connectivity index (χ4n) is 2.03. The molecule has 20 heavy (non-hydrogen) atoms. The predicted molar refractivity (Wildman–Crippen MR) is 81.8 cm³/mol. The van der Waals surface area contributed by atoms with Gasteiger partial charge in [0, 0.05) is 29.4 Å². The van der Waals surface area contributed by atoms with Crippen molar-refractivity contribution in [1.29, 1.82) is 0 Å². The van der Waals surface area contributed by atoms with Gasteiger partial charge in [-0.05, 0) is 31.0 Å². The number of anilines is 1. The van der Waals surface area contributed by atoms with E-state index in [9.17, 15) is 9.00 Å². The van der Waals surface area contributed by atoms with Gasteiger partial charge in [-0.15, -0.1) is 0 Å². The number of hydrogen-bond acceptors (Lipinski definition) is 4. The second-order valence-corrected chi connectivity index (χ2v) is 6.96. The van der Waals surface area contributed by atoms with Crippen molar-refractivity contribution in [1.82, 2.24) is 5.32 Å². The molecule has 0 spiro atoms. The van der Waals surface area contributed by atoms with Crippen LogP contribution >= 0.6 is 15.9 Å². The van der Waals surface area contributed by atoms with Crippen LogP contribution in [-0.4, -0.2) is 35.1 Å². The molecular formula is C13H17BrN2O3S. The highest BCUT2D eigenvalue weighted by Gasteiger charge is 2.18. The quantitative estimate of drug-likeness (QED) is 0.795. The molecule has 5 nitrogen and oxygen atoms in total. The largest absolute Gasteiger partial charge is 0.398 e. The Morgan fingerprint density at radius 3 is 2.80 bits per heavy atom. The molecule has 1 amide bonds. The highest BCUT2D eigenvalue weighted by Crippen LogP contribution is 2.21. The van der Waals surface area contributed by atoms with Gasteiger partial charge in [0.2, 0.25) is 5.91 Å². The first-order valence-corrected chi connectivity index (χ1v) is 8.48. The summed E-state index contributed by atoms with van der Waals surface area (Å²) in [6.07, 6.45) is 1.61. The van der Waals surface area contributed by atoms with Gasteiger partial charge in [-0.25, -0.2) is 0 Å². The number of ether oxygens (including phenoxy) is 1. The van der Waals surface area contributed by atoms with Crippen molar-refractivity contribution < 1.29 is 13.7 Å². The first-order chi connectivity index (χ1) is 9.56. The molecule has 1 fully saturated rings. The minimum Gasteiger partial charge on any atom is -0.398 e. The van der Waals surface area contributed by atoms with Gasteiger partial charge < -0.3 is 15.8 Å². The van der Waals surface area contributed by atoms with Gasteiger partial charge >= 0.3 is 0 Å². The number of carbonyl (C=O) groups excluding carboxylic acids is 1. The molecule has 1 saturated heterocycles. The van der Waals surface area contributed by atoms with Gasteiger partial charge in [0.15, 0.2) is 0 Å². The van der Waals surface area contributed by atoms with E-state index in [0.29, 0.717) is 23.8 Å². The number of halogens is 1. The van der Waals surface area contributed by atoms with Crippen LogP contribution in [0.1, 0.15) is 12.8 Å². The Morgan fingerprint density at radius 1 is 1.45 bits per heavy atom. The smallest absolute Gasteiger partial charge is 0.233 e. The fraction of sp³-hybridized carbons (Fsp3) is 0.462. The predicted octanol–water partition coefficient (Wildman–Crippen LogP) is 1.43. The molecule has 1 aliphatic rings. The minimum absolute atomic E-state index is 0.0663. The van der Waals surface area contributed by atoms with Gasteiger partial charge in [-0.3, -0.25) is 9.00 Å². The monoisotopic (exact) mass is 360 g/mol. The van der Waals surface area contributed by atoms with Crippen LogP contribution in [0.2, 0.25) is 0 Å². The number of nitrogens with one attached hydrogen (secondary N) is 1. The van der Waals surface area contributed by atoms with Crippen LogP contribution in [0.15, 0.2) is 27.6 Å². The summed E-state index contributed by atoms with van der Waals surface area (Å²) in [6.45, 7) is 1.32. The molecule has 0 saturated carbocycles. The van der Waals surface area contributed by atoms with Crippen LogP contribution < -0.4 is 11.1 Å². The second-order valence-electron chi connectivity index (χ2n) is 4.63. The van der Waals surface area contributed by atoms with Crippen molar-refractivity contribution in [3.8, 4) is 0 Å². The summed E-state index contributed by atoms with van der Waals surface area (Å²) in [4.78, 5) is 12.4. The molecule has 110 valence electrons. The Labute approximate surface area is 128 Å². The van der Waals surface area contributed by atoms with E-state index in [-0.39, 0.29) is 17.7 Å². The SMILES string of the molecule is Nc1cc(Br)ccc1S(=O)CC(=O)NC1CCOCC1. The first-order valence-electron chi connectivity index (χ1n) is 6.37. The molecule has 0 radical (unpaired) electrons. The van der Waals surface area contributed by atoms with Crippen molar-refractivity contribution in [2.45, 2.75) is 23.8 Å². The average molecular weight is 361 g/mol. The zero-order valence-corrected chi connectivity index (χ0v) is 13.3. The Balaban J connectivity index is 1.91. The molecule has 2 rings (SSSR count). The molecule has 1 aliphatic heterocycles. The summed E-state index contributed by atoms with van der Waals surface area (Å²) in [7, 11) is -1.43. The molecule has 7 heteroatoms. The van der Waals surface area contributed by atoms with Gasteiger partial charge in [-0.2, -0.15) is 0 Å². The number of hydrogen-bond donors (Lipinski definition) is 2. The van der Waals surface area contributed by atoms with Crippen LogP contribution in [-0.2, 0) is 20.3 Å². The van der Waals surface area contributed by atoms with E-state index in [1.54, 1.807) is 18.2 Å². The van der Waals surface area contributed by atoms with Crippen LogP contribution in [0.3, 0.4) is 0 Å². The summed E-state index contributed by atoms with van der Waals surface area (Å²) in [6, 6.07) is 5.25. The number of amides is 1. The van der Waals surface area contributed by atoms with Crippen molar-refractivity contribution in [3.05, 3.63) is 22.7 Å². The zero-order chi connectivity index (χ0) is 14.5. The van der Waals surface area contributed by atoms with E-state index in [4.69, 9.17) is 10.5 Å². The molecule has 1 heterocycles. The molecule has 1 atom stereocenters. The standard InChI is InChI=1S/C13H17BrN2O3S/c14-9-1-2-12(11(15)7-9)20(18)8-13(17)16-10-3-5-19-6-4-10/h1-2,7,10H,3-6,8,15H2,(H,16,17). The van der Waals surface area contributed by atoms with Gasteiger partial charge in [0.25, 0.3) is 0 Å². The van der Waals surface area contributed by atoms with Crippen molar-refractivity contribution in [2.75, 3.05) is 24.7 Å². The number of benzene rings is 1. The van der Waals surface area contributed by atoms with Crippen LogP contribution in [0, 0.1) is 0 Å². The lowest BCUT2D eigenvalue weighted by Crippen LogP contribution is -2.40. The van der Waals surface area contributed by atoms with Crippen LogP contribution in [0.5, 0.6) is 0 Å². The number of carbonyl (C=O) groups is 1. The number of nitrogens with two attached hydrogens (primary N) is 1. The van der Waals surface area contributed by atoms with E-state index in [1.165, 1.54) is 0 Å². The van der Waals surface area contributed by atoms with E-state index in [0.717, 1.165) is 17.3 Å². The minimum atomic E-state index is -1.43. The third kappa shape index (κ3) is 4.29. The Bertz CT molecular complexity index is 518. The lowest BCUT2D eigenvalue weighted by Gasteiger charge is -2.23. The van der Waals surface area contributed by atoms with Crippen molar-refractivity contribution in [2.24, 2.45) is 0 Å². The van der Waals surface area contributed by atoms with E-state index >= 15 is 0 Å². The fourth-order valence-corrected chi connectivity index (χ4v) is 3.43. The van der Waals surface area contributed by atoms with E-state index < -0.39 is 10.8 Å². The maximum absolute atomic E-state index is 12.2. The second kappa shape index (κ2) is 7.19. The maximum atomic E-state index is 12.2.